The summed E-state index contributed by atoms with van der Waals surface area (Å²) in [5.74, 6) is -0.193. The van der Waals surface area contributed by atoms with Crippen molar-refractivity contribution in [2.45, 2.75) is 26.2 Å². The van der Waals surface area contributed by atoms with Crippen LogP contribution in [0, 0.1) is 19.3 Å². The lowest BCUT2D eigenvalue weighted by atomic mass is 9.73. The number of hydrogen-bond donors (Lipinski definition) is 1. The first-order chi connectivity index (χ1) is 13.4. The SMILES string of the molecule is COc1cccc2c1OC[C@]1(C(=O)O)CN(C(=O)Cc3sc(C)nc3C)C[C@H]21. The number of carbonyl (C=O) groups is 2. The van der Waals surface area contributed by atoms with Gasteiger partial charge in [-0.2, -0.15) is 0 Å². The molecule has 0 unspecified atom stereocenters. The molecule has 2 aliphatic rings. The van der Waals surface area contributed by atoms with Crippen molar-refractivity contribution in [3.63, 3.8) is 0 Å². The highest BCUT2D eigenvalue weighted by Crippen LogP contribution is 2.52. The van der Waals surface area contributed by atoms with Crippen LogP contribution in [0.1, 0.15) is 27.1 Å². The lowest BCUT2D eigenvalue weighted by Gasteiger charge is -2.36. The number of likely N-dealkylation sites (tertiary alicyclic amines) is 1. The molecule has 8 heteroatoms. The van der Waals surface area contributed by atoms with E-state index in [0.29, 0.717) is 18.0 Å². The third-order valence-electron chi connectivity index (χ3n) is 5.71. The Labute approximate surface area is 166 Å². The zero-order valence-corrected chi connectivity index (χ0v) is 16.8. The Morgan fingerprint density at radius 2 is 2.21 bits per heavy atom. The third kappa shape index (κ3) is 2.83. The summed E-state index contributed by atoms with van der Waals surface area (Å²) in [7, 11) is 1.56. The van der Waals surface area contributed by atoms with Crippen LogP contribution in [0.25, 0.3) is 0 Å². The van der Waals surface area contributed by atoms with Crippen molar-refractivity contribution >= 4 is 23.2 Å². The molecule has 148 valence electrons. The smallest absolute Gasteiger partial charge is 0.315 e. The number of benzene rings is 1. The molecule has 0 bridgehead atoms. The zero-order valence-electron chi connectivity index (χ0n) is 16.0. The molecule has 2 aromatic rings. The molecule has 1 aromatic heterocycles. The van der Waals surface area contributed by atoms with Crippen LogP contribution in [0.15, 0.2) is 18.2 Å². The predicted octanol–water partition coefficient (Wildman–Crippen LogP) is 2.40. The average Bonchev–Trinajstić information content (AvgIpc) is 3.22. The van der Waals surface area contributed by atoms with Crippen LogP contribution < -0.4 is 9.47 Å². The van der Waals surface area contributed by atoms with Crippen LogP contribution in [0.2, 0.25) is 0 Å². The molecule has 1 N–H and O–H groups in total. The minimum atomic E-state index is -1.15. The monoisotopic (exact) mass is 402 g/mol. The van der Waals surface area contributed by atoms with Crippen LogP contribution in [0.4, 0.5) is 0 Å². The molecular formula is C20H22N2O5S. The highest BCUT2D eigenvalue weighted by molar-refractivity contribution is 7.11. The minimum absolute atomic E-state index is 0.0167. The van der Waals surface area contributed by atoms with Gasteiger partial charge in [-0.15, -0.1) is 11.3 Å². The number of carbonyl (C=O) groups excluding carboxylic acids is 1. The Morgan fingerprint density at radius 1 is 1.43 bits per heavy atom. The van der Waals surface area contributed by atoms with Gasteiger partial charge >= 0.3 is 5.97 Å². The second-order valence-electron chi connectivity index (χ2n) is 7.37. The summed E-state index contributed by atoms with van der Waals surface area (Å²) in [6.45, 7) is 4.32. The fourth-order valence-corrected chi connectivity index (χ4v) is 5.16. The maximum Gasteiger partial charge on any atom is 0.315 e. The number of hydrogen-bond acceptors (Lipinski definition) is 6. The number of carboxylic acid groups (broad SMARTS) is 1. The summed E-state index contributed by atoms with van der Waals surface area (Å²) < 4.78 is 11.2. The molecule has 7 nitrogen and oxygen atoms in total. The fourth-order valence-electron chi connectivity index (χ4n) is 4.23. The molecule has 4 rings (SSSR count). The van der Waals surface area contributed by atoms with Gasteiger partial charge in [0.25, 0.3) is 0 Å². The molecule has 28 heavy (non-hydrogen) atoms. The lowest BCUT2D eigenvalue weighted by Crippen LogP contribution is -2.46. The van der Waals surface area contributed by atoms with Crippen molar-refractivity contribution in [1.82, 2.24) is 9.88 Å². The number of ether oxygens (including phenoxy) is 2. The van der Waals surface area contributed by atoms with Crippen molar-refractivity contribution in [1.29, 1.82) is 0 Å². The average molecular weight is 402 g/mol. The quantitative estimate of drug-likeness (QED) is 0.845. The van der Waals surface area contributed by atoms with Crippen molar-refractivity contribution in [2.24, 2.45) is 5.41 Å². The molecule has 2 aliphatic heterocycles. The summed E-state index contributed by atoms with van der Waals surface area (Å²) in [4.78, 5) is 32.2. The summed E-state index contributed by atoms with van der Waals surface area (Å²) in [5.41, 5.74) is 0.500. The summed E-state index contributed by atoms with van der Waals surface area (Å²) in [6, 6.07) is 5.48. The van der Waals surface area contributed by atoms with Gasteiger partial charge < -0.3 is 19.5 Å². The number of aliphatic carboxylic acids is 1. The summed E-state index contributed by atoms with van der Waals surface area (Å²) in [6.07, 6.45) is 0.242. The topological polar surface area (TPSA) is 89.0 Å². The van der Waals surface area contributed by atoms with E-state index in [0.717, 1.165) is 21.1 Å². The van der Waals surface area contributed by atoms with Gasteiger partial charge in [0.15, 0.2) is 11.5 Å². The van der Waals surface area contributed by atoms with Crippen LogP contribution in [-0.2, 0) is 16.0 Å². The first-order valence-electron chi connectivity index (χ1n) is 9.09. The molecule has 0 aliphatic carbocycles. The molecule has 0 spiro atoms. The van der Waals surface area contributed by atoms with E-state index in [2.05, 4.69) is 4.98 Å². The Bertz CT molecular complexity index is 956. The molecule has 0 radical (unpaired) electrons. The molecular weight excluding hydrogens is 380 g/mol. The van der Waals surface area contributed by atoms with Crippen LogP contribution in [0.3, 0.4) is 0 Å². The number of rotatable bonds is 4. The van der Waals surface area contributed by atoms with E-state index >= 15 is 0 Å². The molecule has 1 saturated heterocycles. The number of carboxylic acids is 1. The molecule has 1 amide bonds. The Kier molecular flexibility index (Phi) is 4.53. The summed E-state index contributed by atoms with van der Waals surface area (Å²) >= 11 is 1.51. The van der Waals surface area contributed by atoms with Crippen LogP contribution in [-0.4, -0.2) is 53.7 Å². The van der Waals surface area contributed by atoms with E-state index in [4.69, 9.17) is 9.47 Å². The molecule has 1 aromatic carbocycles. The Hall–Kier alpha value is -2.61. The van der Waals surface area contributed by atoms with Gasteiger partial charge in [-0.25, -0.2) is 4.98 Å². The number of methoxy groups -OCH3 is 1. The van der Waals surface area contributed by atoms with Crippen molar-refractivity contribution in [3.05, 3.63) is 39.3 Å². The number of fused-ring (bicyclic) bond motifs is 3. The lowest BCUT2D eigenvalue weighted by molar-refractivity contribution is -0.152. The van der Waals surface area contributed by atoms with E-state index in [9.17, 15) is 14.7 Å². The van der Waals surface area contributed by atoms with Gasteiger partial charge in [-0.1, -0.05) is 12.1 Å². The number of para-hydroxylation sites is 1. The fraction of sp³-hybridized carbons (Fsp3) is 0.450. The maximum atomic E-state index is 13.0. The van der Waals surface area contributed by atoms with Gasteiger partial charge in [0.05, 0.1) is 24.2 Å². The first kappa shape index (κ1) is 18.7. The molecule has 1 fully saturated rings. The molecule has 0 saturated carbocycles. The van der Waals surface area contributed by atoms with Gasteiger partial charge in [-0.05, 0) is 19.9 Å². The number of aryl methyl sites for hydroxylation is 2. The van der Waals surface area contributed by atoms with Crippen molar-refractivity contribution in [3.8, 4) is 11.5 Å². The minimum Gasteiger partial charge on any atom is -0.493 e. The number of thiazole rings is 1. The highest BCUT2D eigenvalue weighted by atomic mass is 32.1. The summed E-state index contributed by atoms with van der Waals surface area (Å²) in [5, 5.41) is 11.0. The third-order valence-corrected chi connectivity index (χ3v) is 6.78. The Morgan fingerprint density at radius 3 is 2.86 bits per heavy atom. The van der Waals surface area contributed by atoms with E-state index in [-0.39, 0.29) is 31.4 Å². The highest BCUT2D eigenvalue weighted by Gasteiger charge is 2.57. The van der Waals surface area contributed by atoms with Crippen LogP contribution >= 0.6 is 11.3 Å². The first-order valence-corrected chi connectivity index (χ1v) is 9.91. The number of nitrogens with zero attached hydrogens (tertiary/aromatic N) is 2. The van der Waals surface area contributed by atoms with E-state index < -0.39 is 11.4 Å². The zero-order chi connectivity index (χ0) is 20.1. The number of aromatic nitrogens is 1. The van der Waals surface area contributed by atoms with Gasteiger partial charge in [0, 0.05) is 29.4 Å². The van der Waals surface area contributed by atoms with E-state index in [1.807, 2.05) is 26.0 Å². The second-order valence-corrected chi connectivity index (χ2v) is 8.66. The van der Waals surface area contributed by atoms with Gasteiger partial charge in [0.2, 0.25) is 5.91 Å². The van der Waals surface area contributed by atoms with E-state index in [1.165, 1.54) is 11.3 Å². The van der Waals surface area contributed by atoms with Crippen molar-refractivity contribution in [2.75, 3.05) is 26.8 Å². The largest absolute Gasteiger partial charge is 0.493 e. The van der Waals surface area contributed by atoms with Gasteiger partial charge in [0.1, 0.15) is 12.0 Å². The normalized spacial score (nSPS) is 23.0. The standard InChI is InChI=1S/C20H22N2O5S/c1-11-16(28-12(2)21-11)7-17(23)22-8-14-13-5-4-6-15(26-3)18(13)27-10-20(14,9-22)19(24)25/h4-6,14H,7-10H2,1-3H3,(H,24,25)/t14-,20-/m1/s1. The predicted molar refractivity (Wildman–Crippen MR) is 103 cm³/mol. The molecule has 2 atom stereocenters. The van der Waals surface area contributed by atoms with E-state index in [1.54, 1.807) is 18.1 Å². The van der Waals surface area contributed by atoms with Crippen molar-refractivity contribution < 1.29 is 24.2 Å². The molecule has 3 heterocycles. The second kappa shape index (κ2) is 6.77. The Balaban J connectivity index is 1.65. The maximum absolute atomic E-state index is 13.0. The van der Waals surface area contributed by atoms with Gasteiger partial charge in [-0.3, -0.25) is 9.59 Å². The number of amides is 1. The van der Waals surface area contributed by atoms with Crippen LogP contribution in [0.5, 0.6) is 11.5 Å².